The van der Waals surface area contributed by atoms with E-state index in [4.69, 9.17) is 6.42 Å². The third kappa shape index (κ3) is 19.3. The van der Waals surface area contributed by atoms with Crippen LogP contribution >= 0.6 is 0 Å². The molecule has 0 aromatic heterocycles. The lowest BCUT2D eigenvalue weighted by Crippen LogP contribution is -1.95. The van der Waals surface area contributed by atoms with Crippen LogP contribution in [0.15, 0.2) is 12.2 Å². The molecule has 0 aromatic rings. The van der Waals surface area contributed by atoms with E-state index in [1.807, 2.05) is 6.08 Å². The van der Waals surface area contributed by atoms with Crippen molar-refractivity contribution in [1.29, 1.82) is 0 Å². The van der Waals surface area contributed by atoms with Crippen molar-refractivity contribution in [1.82, 2.24) is 0 Å². The van der Waals surface area contributed by atoms with E-state index in [0.717, 1.165) is 12.3 Å². The van der Waals surface area contributed by atoms with Gasteiger partial charge in [-0.2, -0.15) is 0 Å². The lowest BCUT2D eigenvalue weighted by atomic mass is 10.0. The summed E-state index contributed by atoms with van der Waals surface area (Å²) >= 11 is 0. The van der Waals surface area contributed by atoms with Gasteiger partial charge in [0.1, 0.15) is 6.10 Å². The van der Waals surface area contributed by atoms with Crippen molar-refractivity contribution < 1.29 is 5.11 Å². The average molecular weight is 335 g/mol. The van der Waals surface area contributed by atoms with Crippen molar-refractivity contribution in [3.8, 4) is 12.3 Å². The minimum absolute atomic E-state index is 0.704. The third-order valence-corrected chi connectivity index (χ3v) is 4.64. The molecule has 0 saturated carbocycles. The van der Waals surface area contributed by atoms with E-state index < -0.39 is 6.10 Å². The van der Waals surface area contributed by atoms with Crippen molar-refractivity contribution in [3.63, 3.8) is 0 Å². The highest BCUT2D eigenvalue weighted by molar-refractivity contribution is 5.05. The highest BCUT2D eigenvalue weighted by Crippen LogP contribution is 2.14. The van der Waals surface area contributed by atoms with Crippen LogP contribution in [-0.2, 0) is 0 Å². The van der Waals surface area contributed by atoms with E-state index in [2.05, 4.69) is 19.8 Å². The van der Waals surface area contributed by atoms with Crippen LogP contribution in [0.25, 0.3) is 0 Å². The van der Waals surface area contributed by atoms with E-state index in [0.29, 0.717) is 0 Å². The maximum atomic E-state index is 9.17. The maximum Gasteiger partial charge on any atom is 0.133 e. The van der Waals surface area contributed by atoms with E-state index in [-0.39, 0.29) is 0 Å². The number of allylic oxidation sites excluding steroid dienone is 1. The summed E-state index contributed by atoms with van der Waals surface area (Å²) in [6.45, 7) is 4.65. The van der Waals surface area contributed by atoms with Crippen LogP contribution in [0.5, 0.6) is 0 Å². The summed E-state index contributed by atoms with van der Waals surface area (Å²) < 4.78 is 0. The second kappa shape index (κ2) is 18.6. The van der Waals surface area contributed by atoms with E-state index in [1.54, 1.807) is 6.08 Å². The average Bonchev–Trinajstić information content (AvgIpc) is 2.57. The Morgan fingerprint density at radius 1 is 0.750 bits per heavy atom. The van der Waals surface area contributed by atoms with Crippen LogP contribution in [0.4, 0.5) is 0 Å². The van der Waals surface area contributed by atoms with Crippen molar-refractivity contribution in [2.75, 3.05) is 0 Å². The van der Waals surface area contributed by atoms with Gasteiger partial charge in [-0.05, 0) is 24.8 Å². The van der Waals surface area contributed by atoms with Gasteiger partial charge in [0.05, 0.1) is 0 Å². The zero-order valence-corrected chi connectivity index (χ0v) is 16.4. The first-order chi connectivity index (χ1) is 11.7. The summed E-state index contributed by atoms with van der Waals surface area (Å²) in [5.41, 5.74) is 0. The summed E-state index contributed by atoms with van der Waals surface area (Å²) in [6, 6.07) is 0. The van der Waals surface area contributed by atoms with Crippen LogP contribution in [0.1, 0.15) is 110 Å². The second-order valence-electron chi connectivity index (χ2n) is 7.61. The molecule has 1 atom stereocenters. The van der Waals surface area contributed by atoms with Crippen molar-refractivity contribution in [3.05, 3.63) is 12.2 Å². The van der Waals surface area contributed by atoms with Crippen LogP contribution in [0.2, 0.25) is 0 Å². The maximum absolute atomic E-state index is 9.17. The van der Waals surface area contributed by atoms with Crippen LogP contribution in [-0.4, -0.2) is 11.2 Å². The fourth-order valence-electron chi connectivity index (χ4n) is 3.04. The quantitative estimate of drug-likeness (QED) is 0.172. The number of hydrogen-bond donors (Lipinski definition) is 1. The Kier molecular flexibility index (Phi) is 18.0. The molecule has 1 heteroatoms. The van der Waals surface area contributed by atoms with Gasteiger partial charge in [0.2, 0.25) is 0 Å². The summed E-state index contributed by atoms with van der Waals surface area (Å²) in [6.07, 6.45) is 28.7. The van der Waals surface area contributed by atoms with Gasteiger partial charge >= 0.3 is 0 Å². The molecule has 0 spiro atoms. The molecule has 0 heterocycles. The lowest BCUT2D eigenvalue weighted by Gasteiger charge is -2.04. The van der Waals surface area contributed by atoms with Gasteiger partial charge in [-0.1, -0.05) is 109 Å². The fraction of sp³-hybridized carbons (Fsp3) is 0.826. The fourth-order valence-corrected chi connectivity index (χ4v) is 3.04. The molecule has 24 heavy (non-hydrogen) atoms. The van der Waals surface area contributed by atoms with Crippen molar-refractivity contribution in [2.45, 2.75) is 116 Å². The molecule has 0 aromatic carbocycles. The molecular weight excluding hydrogens is 292 g/mol. The Balaban J connectivity index is 3.08. The van der Waals surface area contributed by atoms with Crippen molar-refractivity contribution in [2.24, 2.45) is 5.92 Å². The Labute approximate surface area is 152 Å². The minimum Gasteiger partial charge on any atom is -0.377 e. The molecule has 0 saturated heterocycles. The number of hydrogen-bond acceptors (Lipinski definition) is 1. The van der Waals surface area contributed by atoms with Gasteiger partial charge in [0, 0.05) is 0 Å². The Hall–Kier alpha value is -0.740. The van der Waals surface area contributed by atoms with Crippen LogP contribution < -0.4 is 0 Å². The number of aliphatic hydroxyl groups excluding tert-OH is 1. The first-order valence-electron chi connectivity index (χ1n) is 10.5. The molecule has 0 fully saturated rings. The molecule has 1 nitrogen and oxygen atoms in total. The summed E-state index contributed by atoms with van der Waals surface area (Å²) in [7, 11) is 0. The Bertz CT molecular complexity index is 310. The first kappa shape index (κ1) is 23.3. The van der Waals surface area contributed by atoms with Crippen LogP contribution in [0, 0.1) is 18.3 Å². The molecular formula is C23H42O. The summed E-state index contributed by atoms with van der Waals surface area (Å²) in [4.78, 5) is 0. The van der Waals surface area contributed by atoms with E-state index in [1.165, 1.54) is 89.9 Å². The Morgan fingerprint density at radius 2 is 1.17 bits per heavy atom. The molecule has 0 aliphatic carbocycles. The molecule has 140 valence electrons. The minimum atomic E-state index is -0.704. The SMILES string of the molecule is C#C[C@H](O)/C=C/CCCCCCCCCCCCCCCC(C)C. The highest BCUT2D eigenvalue weighted by Gasteiger charge is 1.96. The molecule has 0 aliphatic heterocycles. The van der Waals surface area contributed by atoms with Crippen LogP contribution in [0.3, 0.4) is 0 Å². The van der Waals surface area contributed by atoms with E-state index in [9.17, 15) is 5.11 Å². The Morgan fingerprint density at radius 3 is 1.58 bits per heavy atom. The van der Waals surface area contributed by atoms with Gasteiger partial charge in [-0.15, -0.1) is 6.42 Å². The van der Waals surface area contributed by atoms with Gasteiger partial charge in [-0.3, -0.25) is 0 Å². The summed E-state index contributed by atoms with van der Waals surface area (Å²) in [5, 5.41) is 9.17. The largest absolute Gasteiger partial charge is 0.377 e. The van der Waals surface area contributed by atoms with Gasteiger partial charge in [0.25, 0.3) is 0 Å². The number of terminal acetylenes is 1. The van der Waals surface area contributed by atoms with Gasteiger partial charge in [0.15, 0.2) is 0 Å². The first-order valence-corrected chi connectivity index (χ1v) is 10.5. The topological polar surface area (TPSA) is 20.2 Å². The predicted octanol–water partition coefficient (Wildman–Crippen LogP) is 7.04. The van der Waals surface area contributed by atoms with E-state index >= 15 is 0 Å². The summed E-state index contributed by atoms with van der Waals surface area (Å²) in [5.74, 6) is 3.17. The molecule has 0 rings (SSSR count). The normalized spacial score (nSPS) is 12.8. The molecule has 0 unspecified atom stereocenters. The number of aliphatic hydroxyl groups is 1. The second-order valence-corrected chi connectivity index (χ2v) is 7.61. The van der Waals surface area contributed by atoms with Gasteiger partial charge < -0.3 is 5.11 Å². The zero-order chi connectivity index (χ0) is 17.9. The standard InChI is InChI=1S/C23H42O/c1-4-23(24)21-19-17-15-13-11-9-7-5-6-8-10-12-14-16-18-20-22(2)3/h1,19,21-24H,5-18,20H2,2-3H3/b21-19+/t23-/m0/s1. The monoisotopic (exact) mass is 334 g/mol. The third-order valence-electron chi connectivity index (χ3n) is 4.64. The number of rotatable bonds is 17. The molecule has 0 amide bonds. The number of unbranched alkanes of at least 4 members (excludes halogenated alkanes) is 13. The van der Waals surface area contributed by atoms with Crippen molar-refractivity contribution >= 4 is 0 Å². The zero-order valence-electron chi connectivity index (χ0n) is 16.4. The molecule has 1 N–H and O–H groups in total. The molecule has 0 aliphatic rings. The van der Waals surface area contributed by atoms with Gasteiger partial charge in [-0.25, -0.2) is 0 Å². The highest BCUT2D eigenvalue weighted by atomic mass is 16.3. The smallest absolute Gasteiger partial charge is 0.133 e. The molecule has 0 bridgehead atoms. The predicted molar refractivity (Wildman–Crippen MR) is 108 cm³/mol. The lowest BCUT2D eigenvalue weighted by molar-refractivity contribution is 0.280. The molecule has 0 radical (unpaired) electrons.